The van der Waals surface area contributed by atoms with Crippen LogP contribution in [-0.4, -0.2) is 24.8 Å². The van der Waals surface area contributed by atoms with Crippen LogP contribution < -0.4 is 5.32 Å². The van der Waals surface area contributed by atoms with E-state index in [-0.39, 0.29) is 13.0 Å². The molecule has 13 heavy (non-hydrogen) atoms. The Hall–Kier alpha value is -1.32. The van der Waals surface area contributed by atoms with Gasteiger partial charge in [-0.2, -0.15) is 14.0 Å². The van der Waals surface area contributed by atoms with Gasteiger partial charge in [-0.15, -0.1) is 0 Å². The van der Waals surface area contributed by atoms with Crippen LogP contribution in [0.2, 0.25) is 0 Å². The Morgan fingerprint density at radius 1 is 1.54 bits per heavy atom. The molecular weight excluding hydrogens is 192 g/mol. The number of carbonyl (C=O) groups excluding carboxylic acids is 1. The van der Waals surface area contributed by atoms with Crippen molar-refractivity contribution in [3.05, 3.63) is 0 Å². The summed E-state index contributed by atoms with van der Waals surface area (Å²) in [5, 5.41) is 9.47. The SMILES string of the molecule is N#CCCNC(=O)C(F)(F)C(F)F. The first-order chi connectivity index (χ1) is 5.92. The van der Waals surface area contributed by atoms with Gasteiger partial charge in [-0.25, -0.2) is 8.78 Å². The van der Waals surface area contributed by atoms with Crippen LogP contribution in [0.3, 0.4) is 0 Å². The van der Waals surface area contributed by atoms with E-state index in [2.05, 4.69) is 0 Å². The van der Waals surface area contributed by atoms with E-state index < -0.39 is 18.3 Å². The molecule has 7 heteroatoms. The Labute approximate surface area is 71.3 Å². The van der Waals surface area contributed by atoms with Gasteiger partial charge in [0.25, 0.3) is 5.91 Å². The molecule has 0 spiro atoms. The highest BCUT2D eigenvalue weighted by molar-refractivity contribution is 5.83. The molecule has 0 bridgehead atoms. The van der Waals surface area contributed by atoms with Crippen LogP contribution in [0.1, 0.15) is 6.42 Å². The molecule has 0 aromatic carbocycles. The van der Waals surface area contributed by atoms with Gasteiger partial charge in [-0.05, 0) is 0 Å². The van der Waals surface area contributed by atoms with Crippen molar-refractivity contribution < 1.29 is 22.4 Å². The van der Waals surface area contributed by atoms with Gasteiger partial charge < -0.3 is 5.32 Å². The maximum absolute atomic E-state index is 12.1. The maximum atomic E-state index is 12.1. The van der Waals surface area contributed by atoms with Gasteiger partial charge in [-0.3, -0.25) is 4.79 Å². The molecule has 0 fully saturated rings. The van der Waals surface area contributed by atoms with Crippen molar-refractivity contribution >= 4 is 5.91 Å². The quantitative estimate of drug-likeness (QED) is 0.539. The van der Waals surface area contributed by atoms with Crippen LogP contribution in [0.4, 0.5) is 17.6 Å². The van der Waals surface area contributed by atoms with Gasteiger partial charge in [0.1, 0.15) is 0 Å². The molecular formula is C6H6F4N2O. The number of alkyl halides is 4. The first-order valence-electron chi connectivity index (χ1n) is 3.24. The van der Waals surface area contributed by atoms with E-state index in [0.717, 1.165) is 0 Å². The highest BCUT2D eigenvalue weighted by Gasteiger charge is 2.48. The lowest BCUT2D eigenvalue weighted by Gasteiger charge is -2.13. The molecule has 0 aliphatic carbocycles. The van der Waals surface area contributed by atoms with E-state index in [1.165, 1.54) is 5.32 Å². The third-order valence-electron chi connectivity index (χ3n) is 1.10. The molecule has 1 amide bonds. The zero-order valence-corrected chi connectivity index (χ0v) is 6.36. The molecule has 0 radical (unpaired) electrons. The number of nitrogens with one attached hydrogen (secondary N) is 1. The smallest absolute Gasteiger partial charge is 0.350 e. The predicted octanol–water partition coefficient (Wildman–Crippen LogP) is 0.917. The van der Waals surface area contributed by atoms with E-state index in [1.54, 1.807) is 6.07 Å². The van der Waals surface area contributed by atoms with Gasteiger partial charge >= 0.3 is 12.3 Å². The summed E-state index contributed by atoms with van der Waals surface area (Å²) in [6.07, 6.45) is -4.24. The summed E-state index contributed by atoms with van der Waals surface area (Å²) in [6, 6.07) is 1.56. The van der Waals surface area contributed by atoms with Gasteiger partial charge in [-0.1, -0.05) is 0 Å². The van der Waals surface area contributed by atoms with Crippen LogP contribution in [0.25, 0.3) is 0 Å². The number of nitrogens with zero attached hydrogens (tertiary/aromatic N) is 1. The van der Waals surface area contributed by atoms with Crippen molar-refractivity contribution in [1.29, 1.82) is 5.26 Å². The minimum atomic E-state index is -4.69. The third kappa shape index (κ3) is 3.27. The lowest BCUT2D eigenvalue weighted by Crippen LogP contribution is -2.45. The van der Waals surface area contributed by atoms with Gasteiger partial charge in [0, 0.05) is 6.54 Å². The van der Waals surface area contributed by atoms with E-state index in [0.29, 0.717) is 0 Å². The van der Waals surface area contributed by atoms with Crippen molar-refractivity contribution in [2.24, 2.45) is 0 Å². The van der Waals surface area contributed by atoms with Crippen molar-refractivity contribution in [2.45, 2.75) is 18.8 Å². The Kier molecular flexibility index (Phi) is 4.17. The average Bonchev–Trinajstić information content (AvgIpc) is 2.04. The molecule has 0 heterocycles. The summed E-state index contributed by atoms with van der Waals surface area (Å²) in [4.78, 5) is 10.3. The average molecular weight is 198 g/mol. The van der Waals surface area contributed by atoms with E-state index in [1.807, 2.05) is 0 Å². The second kappa shape index (κ2) is 4.64. The van der Waals surface area contributed by atoms with E-state index in [9.17, 15) is 22.4 Å². The third-order valence-corrected chi connectivity index (χ3v) is 1.10. The van der Waals surface area contributed by atoms with Crippen LogP contribution in [0, 0.1) is 11.3 Å². The number of rotatable bonds is 4. The van der Waals surface area contributed by atoms with E-state index in [4.69, 9.17) is 5.26 Å². The first-order valence-corrected chi connectivity index (χ1v) is 3.24. The zero-order chi connectivity index (χ0) is 10.5. The highest BCUT2D eigenvalue weighted by atomic mass is 19.3. The molecule has 0 unspecified atom stereocenters. The van der Waals surface area contributed by atoms with Crippen LogP contribution >= 0.6 is 0 Å². The fourth-order valence-corrected chi connectivity index (χ4v) is 0.449. The zero-order valence-electron chi connectivity index (χ0n) is 6.36. The summed E-state index contributed by atoms with van der Waals surface area (Å²) in [6.45, 7) is -0.363. The minimum Gasteiger partial charge on any atom is -0.350 e. The monoisotopic (exact) mass is 198 g/mol. The number of halogens is 4. The van der Waals surface area contributed by atoms with Crippen molar-refractivity contribution in [3.63, 3.8) is 0 Å². The van der Waals surface area contributed by atoms with Crippen LogP contribution in [0.15, 0.2) is 0 Å². The molecule has 0 atom stereocenters. The first kappa shape index (κ1) is 11.7. The van der Waals surface area contributed by atoms with Gasteiger partial charge in [0.15, 0.2) is 0 Å². The second-order valence-electron chi connectivity index (χ2n) is 2.09. The number of carbonyl (C=O) groups is 1. The van der Waals surface area contributed by atoms with Crippen LogP contribution in [0.5, 0.6) is 0 Å². The van der Waals surface area contributed by atoms with Gasteiger partial charge in [0.05, 0.1) is 12.5 Å². The second-order valence-corrected chi connectivity index (χ2v) is 2.09. The molecule has 0 aliphatic heterocycles. The standard InChI is InChI=1S/C6H6F4N2O/c7-4(8)6(9,10)5(13)12-3-1-2-11/h4H,1,3H2,(H,12,13). The largest absolute Gasteiger partial charge is 0.383 e. The summed E-state index contributed by atoms with van der Waals surface area (Å²) in [5.74, 6) is -6.74. The molecule has 3 nitrogen and oxygen atoms in total. The molecule has 74 valence electrons. The fraction of sp³-hybridized carbons (Fsp3) is 0.667. The number of hydrogen-bond acceptors (Lipinski definition) is 2. The van der Waals surface area contributed by atoms with Crippen molar-refractivity contribution in [1.82, 2.24) is 5.32 Å². The highest BCUT2D eigenvalue weighted by Crippen LogP contribution is 2.22. The molecule has 0 aromatic rings. The molecule has 0 aliphatic rings. The molecule has 0 saturated heterocycles. The lowest BCUT2D eigenvalue weighted by atomic mass is 10.3. The Morgan fingerprint density at radius 2 is 2.08 bits per heavy atom. The van der Waals surface area contributed by atoms with Crippen molar-refractivity contribution in [2.75, 3.05) is 6.54 Å². The topological polar surface area (TPSA) is 52.9 Å². The molecule has 0 saturated carbocycles. The predicted molar refractivity (Wildman–Crippen MR) is 34.2 cm³/mol. The minimum absolute atomic E-state index is 0.203. The lowest BCUT2D eigenvalue weighted by molar-refractivity contribution is -0.169. The normalized spacial score (nSPS) is 11.1. The number of hydrogen-bond donors (Lipinski definition) is 1. The summed E-state index contributed by atoms with van der Waals surface area (Å²) in [5.41, 5.74) is 0. The van der Waals surface area contributed by atoms with Crippen molar-refractivity contribution in [3.8, 4) is 6.07 Å². The Balaban J connectivity index is 4.04. The Bertz CT molecular complexity index is 223. The number of nitriles is 1. The summed E-state index contributed by atoms with van der Waals surface area (Å²) >= 11 is 0. The van der Waals surface area contributed by atoms with Gasteiger partial charge in [0.2, 0.25) is 0 Å². The maximum Gasteiger partial charge on any atom is 0.383 e. The fourth-order valence-electron chi connectivity index (χ4n) is 0.449. The molecule has 0 aromatic heterocycles. The van der Waals surface area contributed by atoms with E-state index >= 15 is 0 Å². The molecule has 0 rings (SSSR count). The number of amides is 1. The summed E-state index contributed by atoms with van der Waals surface area (Å²) < 4.78 is 47.2. The molecule has 1 N–H and O–H groups in total. The summed E-state index contributed by atoms with van der Waals surface area (Å²) in [7, 11) is 0. The van der Waals surface area contributed by atoms with Crippen LogP contribution in [-0.2, 0) is 4.79 Å². The Morgan fingerprint density at radius 3 is 2.46 bits per heavy atom.